The molecule has 5 rings (SSSR count). The van der Waals surface area contributed by atoms with Gasteiger partial charge in [0.05, 0.1) is 23.1 Å². The molecule has 4 heterocycles. The van der Waals surface area contributed by atoms with Crippen LogP contribution in [-0.2, 0) is 7.05 Å². The van der Waals surface area contributed by atoms with Crippen LogP contribution in [0.5, 0.6) is 5.75 Å². The van der Waals surface area contributed by atoms with Gasteiger partial charge in [0.25, 0.3) is 0 Å². The summed E-state index contributed by atoms with van der Waals surface area (Å²) in [6.45, 7) is 5.19. The lowest BCUT2D eigenvalue weighted by Gasteiger charge is -2.19. The molecule has 1 unspecified atom stereocenters. The van der Waals surface area contributed by atoms with Gasteiger partial charge in [-0.2, -0.15) is 5.10 Å². The SMILES string of the molecule is CCNC1CCN(c2cnc3nc(-c4cc5cn(C)nc5cc4O)ccc3c2)C1. The fourth-order valence-electron chi connectivity index (χ4n) is 4.16. The molecule has 1 aliphatic heterocycles. The molecule has 0 aliphatic carbocycles. The van der Waals surface area contributed by atoms with Gasteiger partial charge in [-0.1, -0.05) is 6.92 Å². The predicted octanol–water partition coefficient (Wildman–Crippen LogP) is 3.08. The van der Waals surface area contributed by atoms with Crippen LogP contribution in [-0.4, -0.2) is 50.5 Å². The molecule has 1 atom stereocenters. The van der Waals surface area contributed by atoms with Crippen LogP contribution in [0.4, 0.5) is 5.69 Å². The maximum atomic E-state index is 10.5. The van der Waals surface area contributed by atoms with Crippen molar-refractivity contribution in [2.24, 2.45) is 7.05 Å². The van der Waals surface area contributed by atoms with Crippen molar-refractivity contribution in [1.82, 2.24) is 25.1 Å². The number of benzene rings is 1. The molecule has 0 amide bonds. The molecule has 1 saturated heterocycles. The van der Waals surface area contributed by atoms with E-state index in [1.54, 1.807) is 10.7 Å². The van der Waals surface area contributed by atoms with E-state index in [1.165, 1.54) is 0 Å². The van der Waals surface area contributed by atoms with E-state index in [1.807, 2.05) is 37.6 Å². The summed E-state index contributed by atoms with van der Waals surface area (Å²) in [5.74, 6) is 0.172. The molecular formula is C22H24N6O. The van der Waals surface area contributed by atoms with Crippen LogP contribution >= 0.6 is 0 Å². The van der Waals surface area contributed by atoms with Gasteiger partial charge in [0.15, 0.2) is 5.65 Å². The van der Waals surface area contributed by atoms with Gasteiger partial charge in [0.2, 0.25) is 0 Å². The smallest absolute Gasteiger partial charge is 0.159 e. The number of phenols is 1. The average molecular weight is 388 g/mol. The second-order valence-corrected chi connectivity index (χ2v) is 7.66. The molecule has 0 spiro atoms. The Kier molecular flexibility index (Phi) is 4.32. The number of likely N-dealkylation sites (N-methyl/N-ethyl adjacent to an activating group) is 1. The molecule has 1 fully saturated rings. The zero-order valence-electron chi connectivity index (χ0n) is 16.6. The summed E-state index contributed by atoms with van der Waals surface area (Å²) < 4.78 is 1.74. The van der Waals surface area contributed by atoms with Gasteiger partial charge in [-0.05, 0) is 37.2 Å². The average Bonchev–Trinajstić information content (AvgIpc) is 3.32. The fourth-order valence-corrected chi connectivity index (χ4v) is 4.16. The van der Waals surface area contributed by atoms with Gasteiger partial charge in [-0.15, -0.1) is 0 Å². The Balaban J connectivity index is 1.48. The second-order valence-electron chi connectivity index (χ2n) is 7.66. The second kappa shape index (κ2) is 7.00. The number of nitrogens with one attached hydrogen (secondary N) is 1. The van der Waals surface area contributed by atoms with E-state index in [2.05, 4.69) is 33.3 Å². The zero-order chi connectivity index (χ0) is 20.0. The molecule has 4 aromatic rings. The number of aryl methyl sites for hydroxylation is 1. The predicted molar refractivity (Wildman–Crippen MR) is 115 cm³/mol. The van der Waals surface area contributed by atoms with E-state index in [-0.39, 0.29) is 5.75 Å². The van der Waals surface area contributed by atoms with E-state index < -0.39 is 0 Å². The van der Waals surface area contributed by atoms with Crippen LogP contribution in [0.15, 0.2) is 42.7 Å². The quantitative estimate of drug-likeness (QED) is 0.559. The first-order valence-corrected chi connectivity index (χ1v) is 10.0. The molecule has 1 aromatic carbocycles. The van der Waals surface area contributed by atoms with Gasteiger partial charge in [-0.25, -0.2) is 9.97 Å². The number of aromatic hydroxyl groups is 1. The van der Waals surface area contributed by atoms with Crippen molar-refractivity contribution in [2.45, 2.75) is 19.4 Å². The first-order chi connectivity index (χ1) is 14.1. The number of pyridine rings is 2. The highest BCUT2D eigenvalue weighted by atomic mass is 16.3. The summed E-state index contributed by atoms with van der Waals surface area (Å²) in [5, 5.41) is 20.3. The topological polar surface area (TPSA) is 79.1 Å². The van der Waals surface area contributed by atoms with Gasteiger partial charge in [0.1, 0.15) is 5.75 Å². The highest BCUT2D eigenvalue weighted by molar-refractivity contribution is 5.89. The molecule has 0 saturated carbocycles. The monoisotopic (exact) mass is 388 g/mol. The summed E-state index contributed by atoms with van der Waals surface area (Å²) in [4.78, 5) is 11.7. The normalized spacial score (nSPS) is 16.9. The number of anilines is 1. The molecule has 2 N–H and O–H groups in total. The summed E-state index contributed by atoms with van der Waals surface area (Å²) >= 11 is 0. The third kappa shape index (κ3) is 3.27. The lowest BCUT2D eigenvalue weighted by molar-refractivity contribution is 0.478. The molecule has 148 valence electrons. The Labute approximate surface area is 169 Å². The zero-order valence-corrected chi connectivity index (χ0v) is 16.6. The summed E-state index contributed by atoms with van der Waals surface area (Å²) in [7, 11) is 1.87. The van der Waals surface area contributed by atoms with E-state index in [9.17, 15) is 5.11 Å². The van der Waals surface area contributed by atoms with E-state index in [0.29, 0.717) is 22.9 Å². The third-order valence-corrected chi connectivity index (χ3v) is 5.59. The van der Waals surface area contributed by atoms with Crippen molar-refractivity contribution in [3.63, 3.8) is 0 Å². The number of phenolic OH excluding ortho intramolecular Hbond substituents is 1. The summed E-state index contributed by atoms with van der Waals surface area (Å²) in [6, 6.07) is 10.3. The minimum Gasteiger partial charge on any atom is -0.507 e. The maximum absolute atomic E-state index is 10.5. The highest BCUT2D eigenvalue weighted by Gasteiger charge is 2.22. The summed E-state index contributed by atoms with van der Waals surface area (Å²) in [5.41, 5.74) is 3.96. The van der Waals surface area contributed by atoms with Crippen LogP contribution in [0.1, 0.15) is 13.3 Å². The number of aromatic nitrogens is 4. The summed E-state index contributed by atoms with van der Waals surface area (Å²) in [6.07, 6.45) is 4.98. The molecule has 3 aromatic heterocycles. The molecule has 29 heavy (non-hydrogen) atoms. The third-order valence-electron chi connectivity index (χ3n) is 5.59. The fraction of sp³-hybridized carbons (Fsp3) is 0.318. The van der Waals surface area contributed by atoms with Crippen molar-refractivity contribution >= 4 is 27.6 Å². The van der Waals surface area contributed by atoms with Crippen molar-refractivity contribution in [3.05, 3.63) is 42.7 Å². The number of rotatable bonds is 4. The molecule has 0 radical (unpaired) electrons. The molecule has 0 bridgehead atoms. The van der Waals surface area contributed by atoms with Gasteiger partial charge in [0, 0.05) is 54.8 Å². The Morgan fingerprint density at radius 1 is 1.21 bits per heavy atom. The van der Waals surface area contributed by atoms with Crippen molar-refractivity contribution < 1.29 is 5.11 Å². The standard InChI is InChI=1S/C22H24N6O/c1-3-23-16-6-7-28(13-16)17-8-14-4-5-19(25-22(14)24-11-17)18-9-15-12-27(2)26-20(15)10-21(18)29/h4-5,8-12,16,23,29H,3,6-7,13H2,1-2H3. The Bertz CT molecular complexity index is 1200. The van der Waals surface area contributed by atoms with Gasteiger partial charge in [-0.3, -0.25) is 4.68 Å². The lowest BCUT2D eigenvalue weighted by atomic mass is 10.1. The first kappa shape index (κ1) is 17.9. The van der Waals surface area contributed by atoms with Crippen LogP contribution < -0.4 is 10.2 Å². The van der Waals surface area contributed by atoms with Gasteiger partial charge < -0.3 is 15.3 Å². The van der Waals surface area contributed by atoms with Crippen LogP contribution in [0.2, 0.25) is 0 Å². The van der Waals surface area contributed by atoms with Crippen molar-refractivity contribution in [1.29, 1.82) is 0 Å². The van der Waals surface area contributed by atoms with E-state index >= 15 is 0 Å². The Morgan fingerprint density at radius 3 is 2.97 bits per heavy atom. The van der Waals surface area contributed by atoms with E-state index in [0.717, 1.165) is 48.0 Å². The highest BCUT2D eigenvalue weighted by Crippen LogP contribution is 2.33. The first-order valence-electron chi connectivity index (χ1n) is 10.0. The Morgan fingerprint density at radius 2 is 2.10 bits per heavy atom. The largest absolute Gasteiger partial charge is 0.507 e. The molecule has 7 heteroatoms. The molecule has 1 aliphatic rings. The molecular weight excluding hydrogens is 364 g/mol. The number of nitrogens with zero attached hydrogens (tertiary/aromatic N) is 5. The van der Waals surface area contributed by atoms with Crippen molar-refractivity contribution in [2.75, 3.05) is 24.5 Å². The van der Waals surface area contributed by atoms with E-state index in [4.69, 9.17) is 4.98 Å². The minimum absolute atomic E-state index is 0.172. The maximum Gasteiger partial charge on any atom is 0.159 e. The molecule has 7 nitrogen and oxygen atoms in total. The van der Waals surface area contributed by atoms with Gasteiger partial charge >= 0.3 is 0 Å². The van der Waals surface area contributed by atoms with Crippen LogP contribution in [0, 0.1) is 0 Å². The number of fused-ring (bicyclic) bond motifs is 2. The lowest BCUT2D eigenvalue weighted by Crippen LogP contribution is -2.32. The minimum atomic E-state index is 0.172. The Hall–Kier alpha value is -3.19. The van der Waals surface area contributed by atoms with Crippen molar-refractivity contribution in [3.8, 4) is 17.0 Å². The number of hydrogen-bond acceptors (Lipinski definition) is 6. The number of hydrogen-bond donors (Lipinski definition) is 2. The van der Waals surface area contributed by atoms with Crippen LogP contribution in [0.3, 0.4) is 0 Å². The van der Waals surface area contributed by atoms with Crippen LogP contribution in [0.25, 0.3) is 33.2 Å².